The number of nitrogens with one attached hydrogen (secondary N) is 2. The van der Waals surface area contributed by atoms with E-state index in [-0.39, 0.29) is 5.91 Å². The van der Waals surface area contributed by atoms with Crippen LogP contribution in [0.5, 0.6) is 0 Å². The van der Waals surface area contributed by atoms with Crippen molar-refractivity contribution in [2.24, 2.45) is 0 Å². The molecule has 0 radical (unpaired) electrons. The molecule has 2 N–H and O–H groups in total. The Labute approximate surface area is 187 Å². The maximum Gasteiger partial charge on any atom is 0.300 e. The number of imidazole rings is 1. The zero-order valence-corrected chi connectivity index (χ0v) is 18.3. The molecule has 1 amide bonds. The highest BCUT2D eigenvalue weighted by Crippen LogP contribution is 2.21. The summed E-state index contributed by atoms with van der Waals surface area (Å²) in [6.07, 6.45) is 4.96. The van der Waals surface area contributed by atoms with Crippen molar-refractivity contribution in [3.05, 3.63) is 49.2 Å². The first-order valence-electron chi connectivity index (χ1n) is 10.4. The molecule has 1 fully saturated rings. The van der Waals surface area contributed by atoms with E-state index in [4.69, 9.17) is 0 Å². The van der Waals surface area contributed by atoms with Gasteiger partial charge in [0.05, 0.1) is 30.0 Å². The first-order chi connectivity index (χ1) is 15.5. The van der Waals surface area contributed by atoms with Crippen LogP contribution >= 0.6 is 0 Å². The number of amides is 1. The number of anilines is 2. The van der Waals surface area contributed by atoms with Gasteiger partial charge in [-0.3, -0.25) is 19.2 Å². The number of piperazine rings is 1. The van der Waals surface area contributed by atoms with Crippen LogP contribution in [0.2, 0.25) is 0 Å². The Morgan fingerprint density at radius 1 is 1.19 bits per heavy atom. The Morgan fingerprint density at radius 3 is 2.78 bits per heavy atom. The predicted molar refractivity (Wildman–Crippen MR) is 125 cm³/mol. The summed E-state index contributed by atoms with van der Waals surface area (Å²) in [5, 5.41) is 5.90. The average Bonchev–Trinajstić information content (AvgIpc) is 3.18. The standard InChI is InChI=1S/C23H26N8O/c1-17(2)26-21-14-24-15-22(28-21)31-16-25-19-7-6-18(13-20(19)31)27-23(32)5-4-8-30-11-9-29(3)10-12-30/h6-7,13-16H,1,8-12H2,2-3H3,(H,26,28)(H,27,32). The van der Waals surface area contributed by atoms with Crippen molar-refractivity contribution in [2.75, 3.05) is 50.4 Å². The summed E-state index contributed by atoms with van der Waals surface area (Å²) in [5.74, 6) is 6.53. The maximum absolute atomic E-state index is 12.3. The van der Waals surface area contributed by atoms with Crippen LogP contribution < -0.4 is 10.6 Å². The Balaban J connectivity index is 1.47. The fraction of sp³-hybridized carbons (Fsp3) is 0.304. The predicted octanol–water partition coefficient (Wildman–Crippen LogP) is 1.95. The number of likely N-dealkylation sites (N-methyl/N-ethyl adjacent to an activating group) is 1. The van der Waals surface area contributed by atoms with Crippen LogP contribution in [0, 0.1) is 11.8 Å². The van der Waals surface area contributed by atoms with Crippen LogP contribution in [0.25, 0.3) is 16.9 Å². The highest BCUT2D eigenvalue weighted by Gasteiger charge is 2.12. The summed E-state index contributed by atoms with van der Waals surface area (Å²) in [6.45, 7) is 10.3. The molecular weight excluding hydrogens is 404 g/mol. The fourth-order valence-corrected chi connectivity index (χ4v) is 3.42. The van der Waals surface area contributed by atoms with E-state index in [0.717, 1.165) is 42.9 Å². The van der Waals surface area contributed by atoms with Gasteiger partial charge in [0.2, 0.25) is 0 Å². The number of hydrogen-bond acceptors (Lipinski definition) is 7. The van der Waals surface area contributed by atoms with Crippen molar-refractivity contribution in [3.8, 4) is 17.7 Å². The van der Waals surface area contributed by atoms with E-state index in [0.29, 0.717) is 23.9 Å². The number of allylic oxidation sites excluding steroid dienone is 1. The zero-order chi connectivity index (χ0) is 22.5. The average molecular weight is 431 g/mol. The van der Waals surface area contributed by atoms with Crippen molar-refractivity contribution in [1.29, 1.82) is 0 Å². The third kappa shape index (κ3) is 5.29. The molecule has 0 spiro atoms. The lowest BCUT2D eigenvalue weighted by Crippen LogP contribution is -2.44. The van der Waals surface area contributed by atoms with E-state index < -0.39 is 0 Å². The number of rotatable bonds is 5. The fourth-order valence-electron chi connectivity index (χ4n) is 3.42. The van der Waals surface area contributed by atoms with Gasteiger partial charge in [0.15, 0.2) is 11.6 Å². The minimum atomic E-state index is -0.336. The summed E-state index contributed by atoms with van der Waals surface area (Å²) in [5.41, 5.74) is 2.99. The normalized spacial score (nSPS) is 14.6. The molecule has 0 unspecified atom stereocenters. The molecule has 164 valence electrons. The molecule has 32 heavy (non-hydrogen) atoms. The van der Waals surface area contributed by atoms with Crippen LogP contribution in [0.15, 0.2) is 49.2 Å². The van der Waals surface area contributed by atoms with Crippen molar-refractivity contribution < 1.29 is 4.79 Å². The Kier molecular flexibility index (Phi) is 6.44. The number of carbonyl (C=O) groups excluding carboxylic acids is 1. The van der Waals surface area contributed by atoms with Gasteiger partial charge in [0.1, 0.15) is 6.33 Å². The van der Waals surface area contributed by atoms with Gasteiger partial charge in [-0.15, -0.1) is 0 Å². The smallest absolute Gasteiger partial charge is 0.300 e. The van der Waals surface area contributed by atoms with E-state index in [1.807, 2.05) is 29.7 Å². The summed E-state index contributed by atoms with van der Waals surface area (Å²) >= 11 is 0. The number of hydrogen-bond donors (Lipinski definition) is 2. The molecule has 4 rings (SSSR count). The third-order valence-electron chi connectivity index (χ3n) is 5.12. The van der Waals surface area contributed by atoms with E-state index >= 15 is 0 Å². The molecule has 3 aromatic rings. The first-order valence-corrected chi connectivity index (χ1v) is 10.4. The van der Waals surface area contributed by atoms with Gasteiger partial charge in [-0.1, -0.05) is 12.5 Å². The second kappa shape index (κ2) is 9.60. The lowest BCUT2D eigenvalue weighted by molar-refractivity contribution is -0.111. The molecule has 1 saturated heterocycles. The molecule has 1 aromatic carbocycles. The molecule has 0 bridgehead atoms. The van der Waals surface area contributed by atoms with Crippen molar-refractivity contribution >= 4 is 28.4 Å². The highest BCUT2D eigenvalue weighted by atomic mass is 16.1. The Bertz CT molecular complexity index is 1200. The van der Waals surface area contributed by atoms with Gasteiger partial charge in [-0.05, 0) is 38.1 Å². The molecule has 0 aliphatic carbocycles. The molecule has 2 aromatic heterocycles. The van der Waals surface area contributed by atoms with Gasteiger partial charge in [-0.25, -0.2) is 9.97 Å². The minimum absolute atomic E-state index is 0.336. The Morgan fingerprint density at radius 2 is 2.00 bits per heavy atom. The second-order valence-corrected chi connectivity index (χ2v) is 7.82. The summed E-state index contributed by atoms with van der Waals surface area (Å²) in [4.78, 5) is 30.1. The van der Waals surface area contributed by atoms with Crippen LogP contribution in [-0.4, -0.2) is 75.0 Å². The van der Waals surface area contributed by atoms with Crippen LogP contribution in [0.1, 0.15) is 6.92 Å². The molecule has 0 saturated carbocycles. The van der Waals surface area contributed by atoms with Gasteiger partial charge in [-0.2, -0.15) is 0 Å². The maximum atomic E-state index is 12.3. The van der Waals surface area contributed by atoms with Crippen LogP contribution in [-0.2, 0) is 4.79 Å². The molecule has 0 atom stereocenters. The van der Waals surface area contributed by atoms with Gasteiger partial charge in [0.25, 0.3) is 5.91 Å². The zero-order valence-electron chi connectivity index (χ0n) is 18.3. The topological polar surface area (TPSA) is 91.2 Å². The number of aromatic nitrogens is 4. The quantitative estimate of drug-likeness (QED) is 0.598. The lowest BCUT2D eigenvalue weighted by Gasteiger charge is -2.30. The highest BCUT2D eigenvalue weighted by molar-refractivity contribution is 6.04. The molecular formula is C23H26N8O. The number of fused-ring (bicyclic) bond motifs is 1. The van der Waals surface area contributed by atoms with Crippen LogP contribution in [0.4, 0.5) is 11.5 Å². The number of benzene rings is 1. The number of carbonyl (C=O) groups is 1. The summed E-state index contributed by atoms with van der Waals surface area (Å²) < 4.78 is 1.82. The largest absolute Gasteiger partial charge is 0.343 e. The van der Waals surface area contributed by atoms with Gasteiger partial charge in [0, 0.05) is 37.6 Å². The second-order valence-electron chi connectivity index (χ2n) is 7.82. The molecule has 9 heteroatoms. The van der Waals surface area contributed by atoms with Crippen molar-refractivity contribution in [2.45, 2.75) is 6.92 Å². The lowest BCUT2D eigenvalue weighted by atomic mass is 10.2. The van der Waals surface area contributed by atoms with E-state index in [2.05, 4.69) is 60.9 Å². The van der Waals surface area contributed by atoms with Crippen molar-refractivity contribution in [3.63, 3.8) is 0 Å². The van der Waals surface area contributed by atoms with E-state index in [1.54, 1.807) is 18.7 Å². The minimum Gasteiger partial charge on any atom is -0.343 e. The number of nitrogens with zero attached hydrogens (tertiary/aromatic N) is 6. The summed E-state index contributed by atoms with van der Waals surface area (Å²) in [6, 6.07) is 5.51. The monoisotopic (exact) mass is 430 g/mol. The third-order valence-corrected chi connectivity index (χ3v) is 5.12. The van der Waals surface area contributed by atoms with Gasteiger partial charge < -0.3 is 15.5 Å². The Hall–Kier alpha value is -3.74. The van der Waals surface area contributed by atoms with Crippen molar-refractivity contribution in [1.82, 2.24) is 29.3 Å². The molecule has 1 aliphatic rings. The van der Waals surface area contributed by atoms with Crippen LogP contribution in [0.3, 0.4) is 0 Å². The summed E-state index contributed by atoms with van der Waals surface area (Å²) in [7, 11) is 2.11. The molecule has 9 nitrogen and oxygen atoms in total. The van der Waals surface area contributed by atoms with E-state index in [1.165, 1.54) is 0 Å². The molecule has 3 heterocycles. The van der Waals surface area contributed by atoms with Gasteiger partial charge >= 0.3 is 0 Å². The SMILES string of the molecule is C=C(C)Nc1cncc(-n2cnc3ccc(NC(=O)C#CCN4CCN(C)CC4)cc32)n1. The first kappa shape index (κ1) is 21.5. The van der Waals surface area contributed by atoms with E-state index in [9.17, 15) is 4.79 Å². The molecule has 1 aliphatic heterocycles.